The second-order valence-corrected chi connectivity index (χ2v) is 24.9. The summed E-state index contributed by atoms with van der Waals surface area (Å²) in [6.07, 6.45) is 44.2. The Morgan fingerprint density at radius 3 is 1.22 bits per heavy atom. The number of rotatable bonds is 53. The second kappa shape index (κ2) is 53.8. The predicted molar refractivity (Wildman–Crippen MR) is 360 cm³/mol. The van der Waals surface area contributed by atoms with Crippen LogP contribution >= 0.6 is 0 Å². The Bertz CT molecular complexity index is 2040. The van der Waals surface area contributed by atoms with Crippen LogP contribution in [0.15, 0.2) is 97.2 Å². The Kier molecular flexibility index (Phi) is 48.5. The van der Waals surface area contributed by atoms with Crippen LogP contribution in [0, 0.1) is 0 Å². The molecular formula is C73H125NO18. The van der Waals surface area contributed by atoms with Crippen molar-refractivity contribution in [2.45, 2.75) is 330 Å². The van der Waals surface area contributed by atoms with Crippen molar-refractivity contribution < 1.29 is 89.4 Å². The summed E-state index contributed by atoms with van der Waals surface area (Å²) in [4.78, 5) is 13.4. The minimum absolute atomic E-state index is 0.229. The number of hydrogen-bond donors (Lipinski definition) is 12. The fraction of sp³-hybridized carbons (Fsp3) is 0.767. The largest absolute Gasteiger partial charge is 0.394 e. The van der Waals surface area contributed by atoms with Gasteiger partial charge in [0.1, 0.15) is 73.2 Å². The van der Waals surface area contributed by atoms with E-state index in [9.17, 15) is 61.0 Å². The van der Waals surface area contributed by atoms with Crippen LogP contribution in [0.3, 0.4) is 0 Å². The number of carbonyl (C=O) groups excluding carboxylic acids is 1. The van der Waals surface area contributed by atoms with Gasteiger partial charge in [-0.15, -0.1) is 0 Å². The molecule has 3 heterocycles. The van der Waals surface area contributed by atoms with E-state index in [0.29, 0.717) is 12.8 Å². The van der Waals surface area contributed by atoms with E-state index in [1.807, 2.05) is 6.08 Å². The fourth-order valence-electron chi connectivity index (χ4n) is 11.4. The molecule has 92 heavy (non-hydrogen) atoms. The number of hydrogen-bond acceptors (Lipinski definition) is 18. The van der Waals surface area contributed by atoms with Crippen molar-refractivity contribution in [2.24, 2.45) is 0 Å². The van der Waals surface area contributed by atoms with Crippen LogP contribution in [-0.4, -0.2) is 193 Å². The Labute approximate surface area is 552 Å². The fourth-order valence-corrected chi connectivity index (χ4v) is 11.4. The first kappa shape index (κ1) is 82.9. The standard InChI is InChI=1S/C73H125NO18/c1-3-5-7-9-11-13-15-17-18-19-20-21-22-23-24-25-26-27-28-29-30-31-32-33-34-35-36-37-38-39-41-43-45-47-49-51-61(79)74-56(57(78)50-48-46-44-42-40-16-14-12-10-8-6-4-2)55-87-71-67(85)64(82)69(59(53-76)89-71)92-73-68(86)65(83)70(60(54-77)90-73)91-72-66(84)63(81)62(80)58(52-75)88-72/h5,7,10-13,17-18,20-21,23-24,40,42,48,50,56-60,62-73,75-78,80-86H,3-4,6,8-9,14-16,19,22,25-39,41,43-47,49,51-55H2,1-2H3,(H,74,79)/b7-5-,12-10+,13-11-,18-17-,21-20-,24-23-,42-40+,50-48+. The lowest BCUT2D eigenvalue weighted by Gasteiger charge is -2.48. The number of allylic oxidation sites excluding steroid dienone is 15. The molecule has 0 radical (unpaired) electrons. The number of aliphatic hydroxyl groups is 11. The lowest BCUT2D eigenvalue weighted by Crippen LogP contribution is -2.66. The minimum atomic E-state index is -1.98. The minimum Gasteiger partial charge on any atom is -0.394 e. The van der Waals surface area contributed by atoms with Crippen LogP contribution in [0.1, 0.15) is 226 Å². The van der Waals surface area contributed by atoms with Crippen molar-refractivity contribution in [1.82, 2.24) is 5.32 Å². The maximum absolute atomic E-state index is 13.4. The lowest BCUT2D eigenvalue weighted by atomic mass is 9.96. The second-order valence-electron chi connectivity index (χ2n) is 24.9. The molecule has 19 nitrogen and oxygen atoms in total. The molecule has 0 saturated carbocycles. The highest BCUT2D eigenvalue weighted by Crippen LogP contribution is 2.33. The van der Waals surface area contributed by atoms with E-state index in [0.717, 1.165) is 77.0 Å². The van der Waals surface area contributed by atoms with Gasteiger partial charge in [0.2, 0.25) is 5.91 Å². The van der Waals surface area contributed by atoms with Crippen molar-refractivity contribution in [3.63, 3.8) is 0 Å². The van der Waals surface area contributed by atoms with Gasteiger partial charge in [0, 0.05) is 6.42 Å². The van der Waals surface area contributed by atoms with Crippen molar-refractivity contribution >= 4 is 5.91 Å². The molecule has 3 aliphatic heterocycles. The van der Waals surface area contributed by atoms with Crippen LogP contribution in [0.4, 0.5) is 0 Å². The summed E-state index contributed by atoms with van der Waals surface area (Å²) in [5, 5.41) is 120. The summed E-state index contributed by atoms with van der Waals surface area (Å²) < 4.78 is 34.3. The van der Waals surface area contributed by atoms with Crippen molar-refractivity contribution in [2.75, 3.05) is 26.4 Å². The van der Waals surface area contributed by atoms with E-state index in [4.69, 9.17) is 28.4 Å². The predicted octanol–water partition coefficient (Wildman–Crippen LogP) is 9.66. The molecule has 0 aromatic rings. The van der Waals surface area contributed by atoms with Crippen molar-refractivity contribution in [3.05, 3.63) is 97.2 Å². The average Bonchev–Trinajstić information content (AvgIpc) is 0.830. The first-order valence-corrected chi connectivity index (χ1v) is 35.5. The molecule has 17 atom stereocenters. The Balaban J connectivity index is 1.33. The van der Waals surface area contributed by atoms with Crippen LogP contribution < -0.4 is 5.32 Å². The Morgan fingerprint density at radius 2 is 0.761 bits per heavy atom. The molecule has 3 saturated heterocycles. The monoisotopic (exact) mass is 1300 g/mol. The molecule has 12 N–H and O–H groups in total. The van der Waals surface area contributed by atoms with Gasteiger partial charge in [0.05, 0.1) is 38.6 Å². The molecule has 3 fully saturated rings. The Hall–Kier alpha value is -3.29. The maximum Gasteiger partial charge on any atom is 0.220 e. The van der Waals surface area contributed by atoms with Gasteiger partial charge < -0.3 is 89.9 Å². The number of ether oxygens (including phenoxy) is 6. The van der Waals surface area contributed by atoms with Crippen molar-refractivity contribution in [1.29, 1.82) is 0 Å². The quantitative estimate of drug-likeness (QED) is 0.0199. The molecule has 3 rings (SSSR count). The zero-order valence-electron chi connectivity index (χ0n) is 56.0. The molecule has 17 unspecified atom stereocenters. The van der Waals surface area contributed by atoms with Gasteiger partial charge in [0.25, 0.3) is 0 Å². The molecule has 19 heteroatoms. The van der Waals surface area contributed by atoms with E-state index < -0.39 is 124 Å². The molecule has 0 spiro atoms. The first-order valence-electron chi connectivity index (χ1n) is 35.5. The molecule has 3 aliphatic rings. The van der Waals surface area contributed by atoms with Gasteiger partial charge in [0.15, 0.2) is 18.9 Å². The van der Waals surface area contributed by atoms with Crippen molar-refractivity contribution in [3.8, 4) is 0 Å². The van der Waals surface area contributed by atoms with Gasteiger partial charge in [-0.05, 0) is 83.5 Å². The first-order chi connectivity index (χ1) is 44.8. The topological polar surface area (TPSA) is 307 Å². The zero-order chi connectivity index (χ0) is 66.8. The molecule has 1 amide bonds. The highest BCUT2D eigenvalue weighted by molar-refractivity contribution is 5.76. The van der Waals surface area contributed by atoms with Gasteiger partial charge in [-0.3, -0.25) is 4.79 Å². The third kappa shape index (κ3) is 35.1. The number of unbranched alkanes of at least 4 members (excludes halogenated alkanes) is 23. The zero-order valence-corrected chi connectivity index (χ0v) is 56.0. The van der Waals surface area contributed by atoms with Gasteiger partial charge >= 0.3 is 0 Å². The number of nitrogens with one attached hydrogen (secondary N) is 1. The van der Waals surface area contributed by atoms with Crippen LogP contribution in [0.2, 0.25) is 0 Å². The highest BCUT2D eigenvalue weighted by Gasteiger charge is 2.53. The summed E-state index contributed by atoms with van der Waals surface area (Å²) in [6, 6.07) is -0.999. The summed E-state index contributed by atoms with van der Waals surface area (Å²) in [5.41, 5.74) is 0. The third-order valence-electron chi connectivity index (χ3n) is 17.1. The summed E-state index contributed by atoms with van der Waals surface area (Å²) in [5.74, 6) is -0.292. The molecular weight excluding hydrogens is 1180 g/mol. The van der Waals surface area contributed by atoms with Gasteiger partial charge in [-0.2, -0.15) is 0 Å². The van der Waals surface area contributed by atoms with Gasteiger partial charge in [-0.1, -0.05) is 233 Å². The SMILES string of the molecule is CC/C=C\C/C=C\C/C=C\C/C=C\C/C=C\CCCCCCCCCCCCCCCCCCCCCC(=O)NC(COC1OC(CO)C(OC2OC(CO)C(OC3OC(CO)C(O)C(O)C3O)C(O)C2O)C(O)C1O)C(O)/C=C/CC/C=C/CC/C=C/CCCC. The molecule has 0 aliphatic carbocycles. The summed E-state index contributed by atoms with van der Waals surface area (Å²) in [7, 11) is 0. The van der Waals surface area contributed by atoms with Crippen LogP contribution in [-0.2, 0) is 33.2 Å². The van der Waals surface area contributed by atoms with Crippen LogP contribution in [0.5, 0.6) is 0 Å². The number of aliphatic hydroxyl groups excluding tert-OH is 11. The van der Waals surface area contributed by atoms with E-state index in [1.54, 1.807) is 6.08 Å². The molecule has 530 valence electrons. The van der Waals surface area contributed by atoms with E-state index in [2.05, 4.69) is 104 Å². The smallest absolute Gasteiger partial charge is 0.220 e. The maximum atomic E-state index is 13.4. The molecule has 0 bridgehead atoms. The Morgan fingerprint density at radius 1 is 0.402 bits per heavy atom. The third-order valence-corrected chi connectivity index (χ3v) is 17.1. The molecule has 0 aromatic heterocycles. The number of amides is 1. The van der Waals surface area contributed by atoms with E-state index in [-0.39, 0.29) is 18.9 Å². The van der Waals surface area contributed by atoms with E-state index in [1.165, 1.54) is 116 Å². The molecule has 0 aromatic carbocycles. The average molecular weight is 1300 g/mol. The van der Waals surface area contributed by atoms with Gasteiger partial charge in [-0.25, -0.2) is 0 Å². The van der Waals surface area contributed by atoms with Crippen LogP contribution in [0.25, 0.3) is 0 Å². The lowest BCUT2D eigenvalue weighted by molar-refractivity contribution is -0.379. The van der Waals surface area contributed by atoms with E-state index >= 15 is 0 Å². The number of carbonyl (C=O) groups is 1. The highest BCUT2D eigenvalue weighted by atomic mass is 16.8. The summed E-state index contributed by atoms with van der Waals surface area (Å²) in [6.45, 7) is 1.52. The summed E-state index contributed by atoms with van der Waals surface area (Å²) >= 11 is 0. The normalized spacial score (nSPS) is 28.3.